The molecule has 1 aromatic heterocycles. The molecule has 0 aliphatic carbocycles. The zero-order chi connectivity index (χ0) is 16.7. The molecule has 0 atom stereocenters. The van der Waals surface area contributed by atoms with Crippen molar-refractivity contribution in [3.63, 3.8) is 0 Å². The van der Waals surface area contributed by atoms with E-state index < -0.39 is 0 Å². The van der Waals surface area contributed by atoms with Crippen molar-refractivity contribution in [2.45, 2.75) is 39.2 Å². The van der Waals surface area contributed by atoms with E-state index in [9.17, 15) is 9.59 Å². The van der Waals surface area contributed by atoms with E-state index in [-0.39, 0.29) is 12.5 Å². The summed E-state index contributed by atoms with van der Waals surface area (Å²) in [6.45, 7) is 2.69. The van der Waals surface area contributed by atoms with Gasteiger partial charge in [-0.3, -0.25) is 9.59 Å². The molecule has 1 heterocycles. The van der Waals surface area contributed by atoms with E-state index in [0.29, 0.717) is 17.9 Å². The predicted octanol–water partition coefficient (Wildman–Crippen LogP) is 3.59. The number of nitrogens with zero attached hydrogens (tertiary/aromatic N) is 1. The topological polar surface area (TPSA) is 57.5 Å². The second-order valence-corrected chi connectivity index (χ2v) is 5.49. The van der Waals surface area contributed by atoms with Crippen molar-refractivity contribution < 1.29 is 19.1 Å². The quantitative estimate of drug-likeness (QED) is 0.403. The average Bonchev–Trinajstić information content (AvgIpc) is 2.91. The molecule has 0 unspecified atom stereocenters. The van der Waals surface area contributed by atoms with Crippen LogP contribution < -0.4 is 4.74 Å². The lowest BCUT2D eigenvalue weighted by Crippen LogP contribution is -2.13. The Kier molecular flexibility index (Phi) is 6.20. The number of ether oxygens (including phenoxy) is 2. The standard InChI is InChI=1S/C18H23NO4/c1-3-4-5-6-9-23-18(21)12-19-11-14(13-20)16-10-15(22-2)7-8-17(16)19/h7-8,10-11,13H,3-6,9,12H2,1-2H3. The van der Waals surface area contributed by atoms with Crippen LogP contribution in [0.4, 0.5) is 0 Å². The highest BCUT2D eigenvalue weighted by atomic mass is 16.5. The third-order valence-electron chi connectivity index (χ3n) is 3.81. The zero-order valence-corrected chi connectivity index (χ0v) is 13.7. The first-order valence-electron chi connectivity index (χ1n) is 7.97. The average molecular weight is 317 g/mol. The number of hydrogen-bond donors (Lipinski definition) is 0. The van der Waals surface area contributed by atoms with Gasteiger partial charge in [0.2, 0.25) is 0 Å². The molecule has 0 aliphatic rings. The van der Waals surface area contributed by atoms with Crippen LogP contribution in [0, 0.1) is 0 Å². The third kappa shape index (κ3) is 4.34. The number of esters is 1. The number of carbonyl (C=O) groups excluding carboxylic acids is 2. The van der Waals surface area contributed by atoms with Gasteiger partial charge in [0.1, 0.15) is 12.3 Å². The Labute approximate surface area is 136 Å². The summed E-state index contributed by atoms with van der Waals surface area (Å²) in [5.74, 6) is 0.392. The first kappa shape index (κ1) is 17.1. The predicted molar refractivity (Wildman–Crippen MR) is 89.0 cm³/mol. The highest BCUT2D eigenvalue weighted by Crippen LogP contribution is 2.25. The highest BCUT2D eigenvalue weighted by Gasteiger charge is 2.12. The van der Waals surface area contributed by atoms with Gasteiger partial charge in [-0.2, -0.15) is 0 Å². The highest BCUT2D eigenvalue weighted by molar-refractivity contribution is 5.98. The second kappa shape index (κ2) is 8.36. The maximum absolute atomic E-state index is 12.0. The molecule has 1 aromatic carbocycles. The fraction of sp³-hybridized carbons (Fsp3) is 0.444. The molecule has 0 N–H and O–H groups in total. The molecular formula is C18H23NO4. The minimum Gasteiger partial charge on any atom is -0.497 e. The summed E-state index contributed by atoms with van der Waals surface area (Å²) in [6, 6.07) is 5.45. The molecular weight excluding hydrogens is 294 g/mol. The van der Waals surface area contributed by atoms with E-state index in [1.807, 2.05) is 12.1 Å². The summed E-state index contributed by atoms with van der Waals surface area (Å²) in [4.78, 5) is 23.2. The lowest BCUT2D eigenvalue weighted by atomic mass is 10.2. The number of aromatic nitrogens is 1. The van der Waals surface area contributed by atoms with Crippen LogP contribution in [0.3, 0.4) is 0 Å². The van der Waals surface area contributed by atoms with Gasteiger partial charge in [-0.25, -0.2) is 0 Å². The summed E-state index contributed by atoms with van der Waals surface area (Å²) in [5, 5.41) is 0.773. The van der Waals surface area contributed by atoms with Crippen molar-refractivity contribution in [1.82, 2.24) is 4.57 Å². The minimum absolute atomic E-state index is 0.102. The van der Waals surface area contributed by atoms with Gasteiger partial charge in [-0.05, 0) is 24.6 Å². The molecule has 0 spiro atoms. The van der Waals surface area contributed by atoms with Crippen molar-refractivity contribution in [3.8, 4) is 5.75 Å². The van der Waals surface area contributed by atoms with Crippen LogP contribution in [0.15, 0.2) is 24.4 Å². The summed E-state index contributed by atoms with van der Waals surface area (Å²) < 4.78 is 12.2. The number of fused-ring (bicyclic) bond motifs is 1. The molecule has 0 bridgehead atoms. The summed E-state index contributed by atoms with van der Waals surface area (Å²) in [6.07, 6.45) is 6.74. The molecule has 124 valence electrons. The number of unbranched alkanes of at least 4 members (excludes halogenated alkanes) is 3. The maximum atomic E-state index is 12.0. The molecule has 0 fully saturated rings. The fourth-order valence-corrected chi connectivity index (χ4v) is 2.56. The molecule has 0 aliphatic heterocycles. The minimum atomic E-state index is -0.285. The van der Waals surface area contributed by atoms with Gasteiger partial charge in [-0.1, -0.05) is 26.2 Å². The van der Waals surface area contributed by atoms with Crippen LogP contribution in [0.25, 0.3) is 10.9 Å². The number of carbonyl (C=O) groups is 2. The van der Waals surface area contributed by atoms with Crippen LogP contribution in [0.1, 0.15) is 43.0 Å². The molecule has 23 heavy (non-hydrogen) atoms. The molecule has 5 nitrogen and oxygen atoms in total. The molecule has 2 aromatic rings. The third-order valence-corrected chi connectivity index (χ3v) is 3.81. The lowest BCUT2D eigenvalue weighted by Gasteiger charge is -2.07. The van der Waals surface area contributed by atoms with Crippen LogP contribution in [0.5, 0.6) is 5.75 Å². The zero-order valence-electron chi connectivity index (χ0n) is 13.7. The van der Waals surface area contributed by atoms with Crippen molar-refractivity contribution in [1.29, 1.82) is 0 Å². The Hall–Kier alpha value is -2.30. The molecule has 2 rings (SSSR count). The van der Waals surface area contributed by atoms with E-state index in [0.717, 1.165) is 42.9 Å². The van der Waals surface area contributed by atoms with Gasteiger partial charge in [0.05, 0.1) is 13.7 Å². The summed E-state index contributed by atoms with van der Waals surface area (Å²) in [7, 11) is 1.58. The van der Waals surface area contributed by atoms with Gasteiger partial charge >= 0.3 is 5.97 Å². The van der Waals surface area contributed by atoms with Crippen molar-refractivity contribution >= 4 is 23.2 Å². The summed E-state index contributed by atoms with van der Waals surface area (Å²) >= 11 is 0. The van der Waals surface area contributed by atoms with Crippen LogP contribution in [0.2, 0.25) is 0 Å². The van der Waals surface area contributed by atoms with E-state index in [4.69, 9.17) is 9.47 Å². The van der Waals surface area contributed by atoms with Crippen molar-refractivity contribution in [2.75, 3.05) is 13.7 Å². The van der Waals surface area contributed by atoms with E-state index in [1.165, 1.54) is 0 Å². The SMILES string of the molecule is CCCCCCOC(=O)Cn1cc(C=O)c2cc(OC)ccc21. The molecule has 5 heteroatoms. The Balaban J connectivity index is 2.05. The second-order valence-electron chi connectivity index (χ2n) is 5.49. The Morgan fingerprint density at radius 3 is 2.78 bits per heavy atom. The molecule has 0 saturated heterocycles. The Morgan fingerprint density at radius 2 is 2.09 bits per heavy atom. The van der Waals surface area contributed by atoms with Gasteiger partial charge < -0.3 is 14.0 Å². The van der Waals surface area contributed by atoms with Gasteiger partial charge in [0, 0.05) is 22.7 Å². The van der Waals surface area contributed by atoms with Gasteiger partial charge in [0.25, 0.3) is 0 Å². The van der Waals surface area contributed by atoms with E-state index in [2.05, 4.69) is 6.92 Å². The fourth-order valence-electron chi connectivity index (χ4n) is 2.56. The smallest absolute Gasteiger partial charge is 0.325 e. The largest absolute Gasteiger partial charge is 0.497 e. The molecule has 0 radical (unpaired) electrons. The van der Waals surface area contributed by atoms with Crippen molar-refractivity contribution in [2.24, 2.45) is 0 Å². The Morgan fingerprint density at radius 1 is 1.26 bits per heavy atom. The van der Waals surface area contributed by atoms with Crippen LogP contribution >= 0.6 is 0 Å². The normalized spacial score (nSPS) is 10.7. The van der Waals surface area contributed by atoms with Crippen LogP contribution in [-0.4, -0.2) is 30.5 Å². The number of benzene rings is 1. The Bertz CT molecular complexity index is 675. The maximum Gasteiger partial charge on any atom is 0.325 e. The first-order chi connectivity index (χ1) is 11.2. The molecule has 0 amide bonds. The summed E-state index contributed by atoms with van der Waals surface area (Å²) in [5.41, 5.74) is 1.35. The van der Waals surface area contributed by atoms with Gasteiger partial charge in [-0.15, -0.1) is 0 Å². The van der Waals surface area contributed by atoms with Crippen molar-refractivity contribution in [3.05, 3.63) is 30.0 Å². The lowest BCUT2D eigenvalue weighted by molar-refractivity contribution is -0.144. The number of aldehydes is 1. The molecule has 0 saturated carbocycles. The van der Waals surface area contributed by atoms with Crippen LogP contribution in [-0.2, 0) is 16.1 Å². The number of rotatable bonds is 9. The number of methoxy groups -OCH3 is 1. The first-order valence-corrected chi connectivity index (χ1v) is 7.97. The van der Waals surface area contributed by atoms with E-state index >= 15 is 0 Å². The monoisotopic (exact) mass is 317 g/mol. The van der Waals surface area contributed by atoms with E-state index in [1.54, 1.807) is 23.9 Å². The number of hydrogen-bond acceptors (Lipinski definition) is 4. The van der Waals surface area contributed by atoms with Gasteiger partial charge in [0.15, 0.2) is 6.29 Å².